The summed E-state index contributed by atoms with van der Waals surface area (Å²) in [6, 6.07) is 8.00. The lowest BCUT2D eigenvalue weighted by Crippen LogP contribution is -2.49. The smallest absolute Gasteiger partial charge is 0.404 e. The minimum atomic E-state index is -1.32. The summed E-state index contributed by atoms with van der Waals surface area (Å²) < 4.78 is 32.8. The second kappa shape index (κ2) is 10.7. The van der Waals surface area contributed by atoms with Gasteiger partial charge in [-0.05, 0) is 55.9 Å². The second-order valence-electron chi connectivity index (χ2n) is 8.31. The number of fused-ring (bicyclic) bond motifs is 1. The zero-order valence-corrected chi connectivity index (χ0v) is 18.1. The molecule has 3 rings (SSSR count). The SMILES string of the molecule is CN(C)Cc1ccc2c(c1)C(NC[C@@H](O)[C@H](Cc1cc(F)cc(F)c1)NC(=O)O)CCO2. The van der Waals surface area contributed by atoms with Crippen LogP contribution in [0.4, 0.5) is 13.6 Å². The van der Waals surface area contributed by atoms with Gasteiger partial charge in [-0.2, -0.15) is 0 Å². The maximum atomic E-state index is 13.5. The van der Waals surface area contributed by atoms with Crippen LogP contribution < -0.4 is 15.4 Å². The topological polar surface area (TPSA) is 94.1 Å². The lowest BCUT2D eigenvalue weighted by atomic mass is 9.96. The number of nitrogens with zero attached hydrogens (tertiary/aromatic N) is 1. The second-order valence-corrected chi connectivity index (χ2v) is 8.31. The van der Waals surface area contributed by atoms with Crippen LogP contribution in [0.2, 0.25) is 0 Å². The molecule has 1 aliphatic rings. The molecule has 3 atom stereocenters. The summed E-state index contributed by atoms with van der Waals surface area (Å²) in [7, 11) is 3.98. The summed E-state index contributed by atoms with van der Waals surface area (Å²) in [5, 5.41) is 25.4. The zero-order chi connectivity index (χ0) is 23.3. The summed E-state index contributed by atoms with van der Waals surface area (Å²) in [4.78, 5) is 13.3. The number of nitrogens with one attached hydrogen (secondary N) is 2. The van der Waals surface area contributed by atoms with Crippen LogP contribution in [0.5, 0.6) is 5.75 Å². The Bertz CT molecular complexity index is 921. The number of ether oxygens (including phenoxy) is 1. The number of hydrogen-bond donors (Lipinski definition) is 4. The first kappa shape index (κ1) is 23.9. The highest BCUT2D eigenvalue weighted by molar-refractivity contribution is 5.65. The van der Waals surface area contributed by atoms with Crippen molar-refractivity contribution in [3.63, 3.8) is 0 Å². The minimum Gasteiger partial charge on any atom is -0.493 e. The predicted octanol–water partition coefficient (Wildman–Crippen LogP) is 2.68. The maximum Gasteiger partial charge on any atom is 0.404 e. The molecule has 0 aromatic heterocycles. The van der Waals surface area contributed by atoms with E-state index in [0.717, 1.165) is 41.6 Å². The third-order valence-corrected chi connectivity index (χ3v) is 5.34. The Labute approximate surface area is 186 Å². The van der Waals surface area contributed by atoms with Crippen LogP contribution in [0.1, 0.15) is 29.2 Å². The molecular formula is C23H29F2N3O4. The van der Waals surface area contributed by atoms with Crippen molar-refractivity contribution in [2.75, 3.05) is 27.2 Å². The predicted molar refractivity (Wildman–Crippen MR) is 116 cm³/mol. The van der Waals surface area contributed by atoms with Crippen LogP contribution in [0.15, 0.2) is 36.4 Å². The molecule has 2 aromatic rings. The number of amides is 1. The minimum absolute atomic E-state index is 0.0544. The van der Waals surface area contributed by atoms with Gasteiger partial charge in [0, 0.05) is 37.2 Å². The first-order valence-corrected chi connectivity index (χ1v) is 10.5. The van der Waals surface area contributed by atoms with E-state index >= 15 is 0 Å². The number of halogens is 2. The largest absolute Gasteiger partial charge is 0.493 e. The van der Waals surface area contributed by atoms with Gasteiger partial charge in [0.05, 0.1) is 18.8 Å². The molecule has 9 heteroatoms. The highest BCUT2D eigenvalue weighted by Crippen LogP contribution is 2.33. The molecule has 32 heavy (non-hydrogen) atoms. The molecule has 0 fully saturated rings. The van der Waals surface area contributed by atoms with Crippen molar-refractivity contribution in [3.05, 3.63) is 64.7 Å². The highest BCUT2D eigenvalue weighted by atomic mass is 19.1. The van der Waals surface area contributed by atoms with Gasteiger partial charge in [-0.15, -0.1) is 0 Å². The zero-order valence-electron chi connectivity index (χ0n) is 18.1. The van der Waals surface area contributed by atoms with Gasteiger partial charge in [-0.3, -0.25) is 0 Å². The van der Waals surface area contributed by atoms with E-state index in [1.165, 1.54) is 0 Å². The van der Waals surface area contributed by atoms with Crippen molar-refractivity contribution < 1.29 is 28.5 Å². The molecule has 1 heterocycles. The van der Waals surface area contributed by atoms with Crippen molar-refractivity contribution >= 4 is 6.09 Å². The Kier molecular flexibility index (Phi) is 8.00. The first-order valence-electron chi connectivity index (χ1n) is 10.5. The Morgan fingerprint density at radius 2 is 1.91 bits per heavy atom. The molecule has 0 aliphatic carbocycles. The number of aliphatic hydroxyl groups excluding tert-OH is 1. The third-order valence-electron chi connectivity index (χ3n) is 5.34. The Hall–Kier alpha value is -2.75. The van der Waals surface area contributed by atoms with E-state index in [2.05, 4.69) is 21.6 Å². The van der Waals surface area contributed by atoms with Crippen LogP contribution in [0.3, 0.4) is 0 Å². The van der Waals surface area contributed by atoms with Gasteiger partial charge < -0.3 is 30.5 Å². The van der Waals surface area contributed by atoms with E-state index in [9.17, 15) is 18.7 Å². The highest BCUT2D eigenvalue weighted by Gasteiger charge is 2.26. The van der Waals surface area contributed by atoms with Crippen molar-refractivity contribution in [1.82, 2.24) is 15.5 Å². The number of carbonyl (C=O) groups is 1. The van der Waals surface area contributed by atoms with Crippen LogP contribution in [0.25, 0.3) is 0 Å². The molecule has 1 aliphatic heterocycles. The van der Waals surface area contributed by atoms with Crippen LogP contribution >= 0.6 is 0 Å². The molecular weight excluding hydrogens is 420 g/mol. The Morgan fingerprint density at radius 1 is 1.19 bits per heavy atom. The lowest BCUT2D eigenvalue weighted by Gasteiger charge is -2.30. The molecule has 7 nitrogen and oxygen atoms in total. The van der Waals surface area contributed by atoms with E-state index in [1.807, 2.05) is 26.2 Å². The third kappa shape index (κ3) is 6.62. The summed E-state index contributed by atoms with van der Waals surface area (Å²) in [6.07, 6.45) is -1.80. The van der Waals surface area contributed by atoms with E-state index < -0.39 is 29.9 Å². The number of benzene rings is 2. The fourth-order valence-corrected chi connectivity index (χ4v) is 3.95. The summed E-state index contributed by atoms with van der Waals surface area (Å²) >= 11 is 0. The van der Waals surface area contributed by atoms with Crippen LogP contribution in [0, 0.1) is 11.6 Å². The molecule has 174 valence electrons. The van der Waals surface area contributed by atoms with Crippen molar-refractivity contribution in [2.24, 2.45) is 0 Å². The number of rotatable bonds is 9. The van der Waals surface area contributed by atoms with Crippen molar-refractivity contribution in [1.29, 1.82) is 0 Å². The average Bonchev–Trinajstić information content (AvgIpc) is 2.70. The van der Waals surface area contributed by atoms with Gasteiger partial charge in [0.15, 0.2) is 0 Å². The number of carboxylic acid groups (broad SMARTS) is 1. The van der Waals surface area contributed by atoms with E-state index in [4.69, 9.17) is 9.84 Å². The van der Waals surface area contributed by atoms with E-state index in [0.29, 0.717) is 13.0 Å². The standard InChI is InChI=1S/C23H29F2N3O4/c1-28(2)13-14-3-4-22-18(9-14)19(5-6-32-22)26-12-21(29)20(27-23(30)31)10-15-7-16(24)11-17(25)8-15/h3-4,7-9,11,19-21,26-27,29H,5-6,10,12-13H2,1-2H3,(H,30,31)/t19?,20-,21+/m0/s1. The van der Waals surface area contributed by atoms with Gasteiger partial charge in [0.2, 0.25) is 0 Å². The lowest BCUT2D eigenvalue weighted by molar-refractivity contribution is 0.112. The van der Waals surface area contributed by atoms with Gasteiger partial charge in [-0.25, -0.2) is 13.6 Å². The molecule has 0 saturated carbocycles. The molecule has 0 radical (unpaired) electrons. The summed E-state index contributed by atoms with van der Waals surface area (Å²) in [5.74, 6) is -0.732. The van der Waals surface area contributed by atoms with E-state index in [1.54, 1.807) is 0 Å². The normalized spacial score (nSPS) is 17.4. The molecule has 1 amide bonds. The van der Waals surface area contributed by atoms with Gasteiger partial charge in [0.1, 0.15) is 17.4 Å². The Balaban J connectivity index is 1.69. The van der Waals surface area contributed by atoms with Crippen molar-refractivity contribution in [3.8, 4) is 5.75 Å². The maximum absolute atomic E-state index is 13.5. The quantitative estimate of drug-likeness (QED) is 0.470. The molecule has 0 saturated heterocycles. The van der Waals surface area contributed by atoms with E-state index in [-0.39, 0.29) is 24.6 Å². The molecule has 0 spiro atoms. The number of hydrogen-bond acceptors (Lipinski definition) is 5. The molecule has 4 N–H and O–H groups in total. The monoisotopic (exact) mass is 449 g/mol. The molecule has 1 unspecified atom stereocenters. The van der Waals surface area contributed by atoms with Gasteiger partial charge >= 0.3 is 6.09 Å². The average molecular weight is 449 g/mol. The van der Waals surface area contributed by atoms with Gasteiger partial charge in [0.25, 0.3) is 0 Å². The summed E-state index contributed by atoms with van der Waals surface area (Å²) in [6.45, 7) is 1.38. The fourth-order valence-electron chi connectivity index (χ4n) is 3.95. The van der Waals surface area contributed by atoms with Crippen molar-refractivity contribution in [2.45, 2.75) is 37.6 Å². The number of aliphatic hydroxyl groups is 1. The van der Waals surface area contributed by atoms with Crippen LogP contribution in [-0.4, -0.2) is 60.6 Å². The molecule has 2 aromatic carbocycles. The summed E-state index contributed by atoms with van der Waals surface area (Å²) in [5.41, 5.74) is 2.37. The Morgan fingerprint density at radius 3 is 2.56 bits per heavy atom. The molecule has 0 bridgehead atoms. The van der Waals surface area contributed by atoms with Gasteiger partial charge in [-0.1, -0.05) is 6.07 Å². The van der Waals surface area contributed by atoms with Crippen LogP contribution in [-0.2, 0) is 13.0 Å². The first-order chi connectivity index (χ1) is 15.2. The fraction of sp³-hybridized carbons (Fsp3) is 0.435.